The molecule has 0 aromatic heterocycles. The highest BCUT2D eigenvalue weighted by Gasteiger charge is 2.12. The summed E-state index contributed by atoms with van der Waals surface area (Å²) < 4.78 is 4.64. The van der Waals surface area contributed by atoms with Gasteiger partial charge in [-0.15, -0.1) is 0 Å². The number of nitrogens with one attached hydrogen (secondary N) is 1. The molecule has 20 heavy (non-hydrogen) atoms. The Labute approximate surface area is 120 Å². The van der Waals surface area contributed by atoms with E-state index in [2.05, 4.69) is 15.3 Å². The van der Waals surface area contributed by atoms with Gasteiger partial charge >= 0.3 is 5.97 Å². The molecule has 0 radical (unpaired) electrons. The average Bonchev–Trinajstić information content (AvgIpc) is 2.41. The second kappa shape index (κ2) is 7.11. The highest BCUT2D eigenvalue weighted by atomic mass is 35.5. The summed E-state index contributed by atoms with van der Waals surface area (Å²) >= 11 is 5.78. The lowest BCUT2D eigenvalue weighted by Crippen LogP contribution is -2.17. The molecule has 0 fully saturated rings. The van der Waals surface area contributed by atoms with Crippen LogP contribution in [0.2, 0.25) is 5.02 Å². The summed E-state index contributed by atoms with van der Waals surface area (Å²) in [6, 6.07) is 5.91. The van der Waals surface area contributed by atoms with Gasteiger partial charge in [0.25, 0.3) is 0 Å². The third kappa shape index (κ3) is 3.96. The van der Waals surface area contributed by atoms with Gasteiger partial charge in [0.05, 0.1) is 22.9 Å². The Morgan fingerprint density at radius 2 is 2.25 bits per heavy atom. The predicted molar refractivity (Wildman–Crippen MR) is 73.3 cm³/mol. The van der Waals surface area contributed by atoms with Crippen molar-refractivity contribution in [2.24, 2.45) is 10.8 Å². The summed E-state index contributed by atoms with van der Waals surface area (Å²) in [5.41, 5.74) is 7.60. The van der Waals surface area contributed by atoms with Gasteiger partial charge in [-0.25, -0.2) is 4.79 Å². The van der Waals surface area contributed by atoms with Crippen LogP contribution in [0.5, 0.6) is 0 Å². The first kappa shape index (κ1) is 15.5. The van der Waals surface area contributed by atoms with Crippen molar-refractivity contribution >= 4 is 34.9 Å². The average molecular weight is 295 g/mol. The number of hydrazone groups is 1. The molecule has 7 nitrogen and oxygen atoms in total. The lowest BCUT2D eigenvalue weighted by atomic mass is 10.2. The highest BCUT2D eigenvalue weighted by Crippen LogP contribution is 2.20. The van der Waals surface area contributed by atoms with Crippen LogP contribution < -0.4 is 11.2 Å². The molecule has 0 heterocycles. The van der Waals surface area contributed by atoms with E-state index in [-0.39, 0.29) is 17.2 Å². The zero-order valence-corrected chi connectivity index (χ0v) is 11.3. The minimum atomic E-state index is -0.841. The van der Waals surface area contributed by atoms with Crippen LogP contribution in [0.25, 0.3) is 0 Å². The molecule has 0 atom stereocenters. The Bertz CT molecular complexity index is 607. The number of carbonyl (C=O) groups excluding carboxylic acids is 2. The molecule has 1 rings (SSSR count). The van der Waals surface area contributed by atoms with Gasteiger partial charge in [-0.05, 0) is 25.1 Å². The molecule has 1 amide bonds. The van der Waals surface area contributed by atoms with Crippen LogP contribution in [0.1, 0.15) is 17.3 Å². The van der Waals surface area contributed by atoms with Crippen LogP contribution in [-0.2, 0) is 9.53 Å². The van der Waals surface area contributed by atoms with Crippen LogP contribution in [0.15, 0.2) is 23.3 Å². The quantitative estimate of drug-likeness (QED) is 0.482. The molecule has 104 valence electrons. The monoisotopic (exact) mass is 294 g/mol. The SMILES string of the molecule is CCOC(=O)/C(C#N)=N\Nc1ccc(Cl)c(C(N)=O)c1. The molecule has 8 heteroatoms. The largest absolute Gasteiger partial charge is 0.461 e. The first-order valence-corrected chi connectivity index (χ1v) is 5.87. The number of halogens is 1. The number of amides is 1. The molecule has 0 aliphatic rings. The van der Waals surface area contributed by atoms with Gasteiger partial charge in [0.2, 0.25) is 11.6 Å². The third-order valence-corrected chi connectivity index (χ3v) is 2.43. The molecule has 0 aliphatic heterocycles. The van der Waals surface area contributed by atoms with E-state index >= 15 is 0 Å². The van der Waals surface area contributed by atoms with E-state index in [4.69, 9.17) is 22.6 Å². The molecule has 0 bridgehead atoms. The summed E-state index contributed by atoms with van der Waals surface area (Å²) in [5, 5.41) is 12.6. The van der Waals surface area contributed by atoms with Gasteiger partial charge in [-0.3, -0.25) is 10.2 Å². The van der Waals surface area contributed by atoms with E-state index in [1.165, 1.54) is 18.2 Å². The smallest absolute Gasteiger partial charge is 0.369 e. The Morgan fingerprint density at radius 3 is 2.80 bits per heavy atom. The van der Waals surface area contributed by atoms with Crippen molar-refractivity contribution in [2.75, 3.05) is 12.0 Å². The molecule has 0 unspecified atom stereocenters. The first-order chi connectivity index (χ1) is 9.49. The summed E-state index contributed by atoms with van der Waals surface area (Å²) in [6.45, 7) is 1.74. The lowest BCUT2D eigenvalue weighted by molar-refractivity contribution is -0.134. The topological polar surface area (TPSA) is 118 Å². The van der Waals surface area contributed by atoms with Gasteiger partial charge in [0, 0.05) is 0 Å². The number of hydrogen-bond acceptors (Lipinski definition) is 6. The zero-order chi connectivity index (χ0) is 15.1. The summed E-state index contributed by atoms with van der Waals surface area (Å²) in [7, 11) is 0. The van der Waals surface area contributed by atoms with Crippen LogP contribution in [0, 0.1) is 11.3 Å². The van der Waals surface area contributed by atoms with Crippen LogP contribution in [0.3, 0.4) is 0 Å². The van der Waals surface area contributed by atoms with Gasteiger partial charge in [0.15, 0.2) is 0 Å². The van der Waals surface area contributed by atoms with Gasteiger partial charge in [-0.1, -0.05) is 11.6 Å². The van der Waals surface area contributed by atoms with E-state index in [1.807, 2.05) is 0 Å². The van der Waals surface area contributed by atoms with Crippen molar-refractivity contribution in [1.82, 2.24) is 0 Å². The number of primary amides is 1. The second-order valence-corrected chi connectivity index (χ2v) is 3.87. The molecular weight excluding hydrogens is 284 g/mol. The Balaban J connectivity index is 2.94. The first-order valence-electron chi connectivity index (χ1n) is 5.49. The van der Waals surface area contributed by atoms with E-state index in [0.717, 1.165) is 0 Å². The maximum Gasteiger partial charge on any atom is 0.369 e. The summed E-state index contributed by atoms with van der Waals surface area (Å²) in [6.07, 6.45) is 0. The van der Waals surface area contributed by atoms with E-state index in [0.29, 0.717) is 5.69 Å². The minimum absolute atomic E-state index is 0.0986. The summed E-state index contributed by atoms with van der Waals surface area (Å²) in [4.78, 5) is 22.4. The number of rotatable bonds is 5. The van der Waals surface area contributed by atoms with Crippen molar-refractivity contribution in [1.29, 1.82) is 5.26 Å². The van der Waals surface area contributed by atoms with Crippen LogP contribution in [0.4, 0.5) is 5.69 Å². The number of ether oxygens (including phenoxy) is 1. The maximum absolute atomic E-state index is 11.3. The number of nitriles is 1. The van der Waals surface area contributed by atoms with Gasteiger partial charge in [-0.2, -0.15) is 10.4 Å². The molecule has 0 saturated heterocycles. The molecule has 0 saturated carbocycles. The molecule has 1 aromatic rings. The van der Waals surface area contributed by atoms with Crippen molar-refractivity contribution in [3.8, 4) is 6.07 Å². The second-order valence-electron chi connectivity index (χ2n) is 3.46. The fraction of sp³-hybridized carbons (Fsp3) is 0.167. The maximum atomic E-state index is 11.3. The predicted octanol–water partition coefficient (Wildman–Crippen LogP) is 1.29. The molecule has 3 N–H and O–H groups in total. The van der Waals surface area contributed by atoms with Crippen molar-refractivity contribution in [2.45, 2.75) is 6.92 Å². The number of esters is 1. The number of hydrogen-bond donors (Lipinski definition) is 2. The fourth-order valence-corrected chi connectivity index (χ4v) is 1.43. The lowest BCUT2D eigenvalue weighted by Gasteiger charge is -2.05. The Hall–Kier alpha value is -2.59. The normalized spacial score (nSPS) is 10.6. The van der Waals surface area contributed by atoms with Crippen LogP contribution >= 0.6 is 11.6 Å². The summed E-state index contributed by atoms with van der Waals surface area (Å²) in [5.74, 6) is -1.54. The number of benzene rings is 1. The number of anilines is 1. The van der Waals surface area contributed by atoms with E-state index in [1.54, 1.807) is 13.0 Å². The van der Waals surface area contributed by atoms with Crippen molar-refractivity contribution in [3.63, 3.8) is 0 Å². The molecule has 0 spiro atoms. The number of nitrogens with zero attached hydrogens (tertiary/aromatic N) is 2. The Kier molecular flexibility index (Phi) is 5.50. The van der Waals surface area contributed by atoms with E-state index in [9.17, 15) is 9.59 Å². The molecule has 1 aromatic carbocycles. The van der Waals surface area contributed by atoms with Gasteiger partial charge in [0.1, 0.15) is 6.07 Å². The standard InChI is InChI=1S/C12H11ClN4O3/c1-2-20-12(19)10(6-14)17-16-7-3-4-9(13)8(5-7)11(15)18/h3-5,16H,2H2,1H3,(H2,15,18)/b17-10-. The van der Waals surface area contributed by atoms with Crippen molar-refractivity contribution < 1.29 is 14.3 Å². The minimum Gasteiger partial charge on any atom is -0.461 e. The highest BCUT2D eigenvalue weighted by molar-refractivity contribution is 6.43. The fourth-order valence-electron chi connectivity index (χ4n) is 1.22. The zero-order valence-electron chi connectivity index (χ0n) is 10.5. The van der Waals surface area contributed by atoms with Crippen LogP contribution in [-0.4, -0.2) is 24.2 Å². The third-order valence-electron chi connectivity index (χ3n) is 2.10. The number of carbonyl (C=O) groups is 2. The van der Waals surface area contributed by atoms with Gasteiger partial charge < -0.3 is 10.5 Å². The van der Waals surface area contributed by atoms with Crippen molar-refractivity contribution in [3.05, 3.63) is 28.8 Å². The molecule has 0 aliphatic carbocycles. The molecular formula is C12H11ClN4O3. The number of nitrogens with two attached hydrogens (primary N) is 1. The van der Waals surface area contributed by atoms with E-state index < -0.39 is 17.6 Å². The Morgan fingerprint density at radius 1 is 1.55 bits per heavy atom.